The largest absolute Gasteiger partial charge is 0.378 e. The number of hydrogen-bond donors (Lipinski definition) is 0. The molecule has 0 unspecified atom stereocenters. The van der Waals surface area contributed by atoms with Crippen molar-refractivity contribution in [1.82, 2.24) is 14.4 Å². The zero-order valence-electron chi connectivity index (χ0n) is 14.8. The van der Waals surface area contributed by atoms with E-state index in [1.54, 1.807) is 0 Å². The molecule has 2 aliphatic rings. The molecule has 2 aromatic rings. The molecule has 2 aliphatic heterocycles. The topological polar surface area (TPSA) is 37.7 Å². The van der Waals surface area contributed by atoms with Gasteiger partial charge in [0.15, 0.2) is 0 Å². The van der Waals surface area contributed by atoms with E-state index in [1.165, 1.54) is 16.8 Å². The number of carbonyl (C=O) groups is 1. The monoisotopic (exact) mass is 339 g/mol. The van der Waals surface area contributed by atoms with Crippen LogP contribution in [-0.2, 0) is 31.3 Å². The molecule has 5 heteroatoms. The van der Waals surface area contributed by atoms with Gasteiger partial charge >= 0.3 is 0 Å². The fourth-order valence-electron chi connectivity index (χ4n) is 3.87. The Kier molecular flexibility index (Phi) is 4.59. The first-order valence-corrected chi connectivity index (χ1v) is 9.03. The first-order chi connectivity index (χ1) is 12.2. The molecule has 1 amide bonds. The highest BCUT2D eigenvalue weighted by Gasteiger charge is 2.26. The van der Waals surface area contributed by atoms with E-state index < -0.39 is 0 Å². The summed E-state index contributed by atoms with van der Waals surface area (Å²) in [5, 5.41) is 0. The SMILES string of the molecule is Cn1c(C(=O)N2CCOCC2)cc2c1CCN(Cc1ccccc1)C2. The first kappa shape index (κ1) is 16.4. The number of fused-ring (bicyclic) bond motifs is 1. The van der Waals surface area contributed by atoms with Gasteiger partial charge in [0.2, 0.25) is 0 Å². The van der Waals surface area contributed by atoms with Gasteiger partial charge in [-0.25, -0.2) is 0 Å². The number of rotatable bonds is 3. The second-order valence-corrected chi connectivity index (χ2v) is 6.91. The number of amides is 1. The average Bonchev–Trinajstić information content (AvgIpc) is 2.99. The van der Waals surface area contributed by atoms with Crippen LogP contribution in [0.15, 0.2) is 36.4 Å². The van der Waals surface area contributed by atoms with E-state index in [2.05, 4.69) is 45.9 Å². The maximum atomic E-state index is 12.8. The molecular formula is C20H25N3O2. The molecule has 0 saturated carbocycles. The van der Waals surface area contributed by atoms with E-state index in [9.17, 15) is 4.79 Å². The van der Waals surface area contributed by atoms with E-state index >= 15 is 0 Å². The minimum Gasteiger partial charge on any atom is -0.378 e. The summed E-state index contributed by atoms with van der Waals surface area (Å²) in [5.74, 6) is 0.134. The molecule has 1 aromatic carbocycles. The van der Waals surface area contributed by atoms with Crippen molar-refractivity contribution >= 4 is 5.91 Å². The van der Waals surface area contributed by atoms with Crippen molar-refractivity contribution in [3.05, 3.63) is 58.9 Å². The number of aromatic nitrogens is 1. The van der Waals surface area contributed by atoms with Crippen LogP contribution in [0.4, 0.5) is 0 Å². The fraction of sp³-hybridized carbons (Fsp3) is 0.450. The normalized spacial score (nSPS) is 18.2. The maximum absolute atomic E-state index is 12.8. The Morgan fingerprint density at radius 3 is 2.64 bits per heavy atom. The Bertz CT molecular complexity index is 748. The summed E-state index contributed by atoms with van der Waals surface area (Å²) in [6, 6.07) is 12.7. The number of hydrogen-bond acceptors (Lipinski definition) is 3. The van der Waals surface area contributed by atoms with Crippen molar-refractivity contribution in [3.8, 4) is 0 Å². The van der Waals surface area contributed by atoms with Gasteiger partial charge in [-0.2, -0.15) is 0 Å². The van der Waals surface area contributed by atoms with Crippen LogP contribution in [0.2, 0.25) is 0 Å². The summed E-state index contributed by atoms with van der Waals surface area (Å²) in [6.45, 7) is 5.56. The molecule has 3 heterocycles. The van der Waals surface area contributed by atoms with Crippen molar-refractivity contribution in [2.24, 2.45) is 7.05 Å². The van der Waals surface area contributed by atoms with Crippen molar-refractivity contribution in [3.63, 3.8) is 0 Å². The van der Waals surface area contributed by atoms with Crippen LogP contribution in [0.1, 0.15) is 27.3 Å². The third-order valence-electron chi connectivity index (χ3n) is 5.27. The molecule has 0 atom stereocenters. The Balaban J connectivity index is 1.50. The van der Waals surface area contributed by atoms with Crippen LogP contribution < -0.4 is 0 Å². The zero-order valence-corrected chi connectivity index (χ0v) is 14.8. The van der Waals surface area contributed by atoms with Crippen LogP contribution in [-0.4, -0.2) is 53.1 Å². The summed E-state index contributed by atoms with van der Waals surface area (Å²) in [7, 11) is 2.03. The number of nitrogens with zero attached hydrogens (tertiary/aromatic N) is 3. The van der Waals surface area contributed by atoms with E-state index in [0.717, 1.165) is 31.7 Å². The van der Waals surface area contributed by atoms with E-state index in [1.807, 2.05) is 11.9 Å². The highest BCUT2D eigenvalue weighted by Crippen LogP contribution is 2.24. The maximum Gasteiger partial charge on any atom is 0.270 e. The smallest absolute Gasteiger partial charge is 0.270 e. The summed E-state index contributed by atoms with van der Waals surface area (Å²) in [4.78, 5) is 17.2. The van der Waals surface area contributed by atoms with Gasteiger partial charge in [0.05, 0.1) is 13.2 Å². The van der Waals surface area contributed by atoms with Crippen LogP contribution in [0.25, 0.3) is 0 Å². The van der Waals surface area contributed by atoms with Gasteiger partial charge in [-0.3, -0.25) is 9.69 Å². The Hall–Kier alpha value is -2.11. The Morgan fingerprint density at radius 1 is 1.12 bits per heavy atom. The predicted octanol–water partition coefficient (Wildman–Crippen LogP) is 2.06. The molecule has 1 saturated heterocycles. The van der Waals surface area contributed by atoms with Crippen molar-refractivity contribution < 1.29 is 9.53 Å². The van der Waals surface area contributed by atoms with E-state index in [-0.39, 0.29) is 5.91 Å². The van der Waals surface area contributed by atoms with Crippen LogP contribution in [0.5, 0.6) is 0 Å². The second-order valence-electron chi connectivity index (χ2n) is 6.91. The van der Waals surface area contributed by atoms with Gasteiger partial charge < -0.3 is 14.2 Å². The molecular weight excluding hydrogens is 314 g/mol. The average molecular weight is 339 g/mol. The summed E-state index contributed by atoms with van der Waals surface area (Å²) < 4.78 is 7.46. The van der Waals surface area contributed by atoms with Crippen LogP contribution in [0, 0.1) is 0 Å². The lowest BCUT2D eigenvalue weighted by Crippen LogP contribution is -2.41. The summed E-state index contributed by atoms with van der Waals surface area (Å²) in [5.41, 5.74) is 4.75. The lowest BCUT2D eigenvalue weighted by molar-refractivity contribution is 0.0296. The fourth-order valence-corrected chi connectivity index (χ4v) is 3.87. The third kappa shape index (κ3) is 3.34. The highest BCUT2D eigenvalue weighted by molar-refractivity contribution is 5.93. The lowest BCUT2D eigenvalue weighted by Gasteiger charge is -2.28. The Morgan fingerprint density at radius 2 is 1.88 bits per heavy atom. The van der Waals surface area contributed by atoms with Gasteiger partial charge in [-0.1, -0.05) is 30.3 Å². The minimum absolute atomic E-state index is 0.134. The van der Waals surface area contributed by atoms with Crippen molar-refractivity contribution in [2.45, 2.75) is 19.5 Å². The molecule has 0 N–H and O–H groups in total. The second kappa shape index (κ2) is 7.02. The van der Waals surface area contributed by atoms with E-state index in [4.69, 9.17) is 4.74 Å². The van der Waals surface area contributed by atoms with Crippen LogP contribution >= 0.6 is 0 Å². The standard InChI is InChI=1S/C20H25N3O2/c1-21-18-7-8-22(14-16-5-3-2-4-6-16)15-17(18)13-19(21)20(24)23-9-11-25-12-10-23/h2-6,13H,7-12,14-15H2,1H3. The van der Waals surface area contributed by atoms with Crippen LogP contribution in [0.3, 0.4) is 0 Å². The molecule has 132 valence electrons. The molecule has 4 rings (SSSR count). The summed E-state index contributed by atoms with van der Waals surface area (Å²) in [6.07, 6.45) is 0.995. The van der Waals surface area contributed by atoms with Gasteiger partial charge in [0, 0.05) is 51.9 Å². The lowest BCUT2D eigenvalue weighted by atomic mass is 10.1. The number of ether oxygens (including phenoxy) is 1. The van der Waals surface area contributed by atoms with Gasteiger partial charge in [0.25, 0.3) is 5.91 Å². The first-order valence-electron chi connectivity index (χ1n) is 9.03. The van der Waals surface area contributed by atoms with Crippen molar-refractivity contribution in [1.29, 1.82) is 0 Å². The summed E-state index contributed by atoms with van der Waals surface area (Å²) >= 11 is 0. The molecule has 0 radical (unpaired) electrons. The van der Waals surface area contributed by atoms with Gasteiger partial charge in [0.1, 0.15) is 5.69 Å². The molecule has 1 fully saturated rings. The number of morpholine rings is 1. The zero-order chi connectivity index (χ0) is 17.2. The molecule has 0 bridgehead atoms. The molecule has 5 nitrogen and oxygen atoms in total. The van der Waals surface area contributed by atoms with E-state index in [0.29, 0.717) is 26.3 Å². The van der Waals surface area contributed by atoms with Gasteiger partial charge in [-0.15, -0.1) is 0 Å². The number of benzene rings is 1. The van der Waals surface area contributed by atoms with Gasteiger partial charge in [-0.05, 0) is 17.2 Å². The quantitative estimate of drug-likeness (QED) is 0.859. The number of carbonyl (C=O) groups excluding carboxylic acids is 1. The van der Waals surface area contributed by atoms with Crippen molar-refractivity contribution in [2.75, 3.05) is 32.8 Å². The molecule has 0 spiro atoms. The Labute approximate surface area is 148 Å². The predicted molar refractivity (Wildman–Crippen MR) is 96.4 cm³/mol. The molecule has 25 heavy (non-hydrogen) atoms. The third-order valence-corrected chi connectivity index (χ3v) is 5.27. The minimum atomic E-state index is 0.134. The highest BCUT2D eigenvalue weighted by atomic mass is 16.5. The molecule has 0 aliphatic carbocycles. The molecule has 1 aromatic heterocycles.